The van der Waals surface area contributed by atoms with Crippen molar-refractivity contribution in [3.8, 4) is 0 Å². The SMILES string of the molecule is CCCCCC(CCCCC)CCOC(=O)CCCCCCCC(CCCCCCCC(=O)OCCC(CCCCC)CCCCC)OC(=O)COC1CCC(N(C)C)CC1. The van der Waals surface area contributed by atoms with Gasteiger partial charge < -0.3 is 23.8 Å². The molecule has 8 nitrogen and oxygen atoms in total. The van der Waals surface area contributed by atoms with E-state index in [0.29, 0.717) is 43.9 Å². The quantitative estimate of drug-likeness (QED) is 0.0340. The van der Waals surface area contributed by atoms with Crippen LogP contribution in [0.4, 0.5) is 0 Å². The highest BCUT2D eigenvalue weighted by atomic mass is 16.6. The van der Waals surface area contributed by atoms with Crippen LogP contribution < -0.4 is 0 Å². The van der Waals surface area contributed by atoms with Crippen LogP contribution >= 0.6 is 0 Å². The van der Waals surface area contributed by atoms with E-state index in [1.165, 1.54) is 103 Å². The third-order valence-electron chi connectivity index (χ3n) is 13.4. The van der Waals surface area contributed by atoms with Crippen LogP contribution in [0.2, 0.25) is 0 Å². The lowest BCUT2D eigenvalue weighted by atomic mass is 9.92. The van der Waals surface area contributed by atoms with Crippen molar-refractivity contribution < 1.29 is 33.3 Å². The molecule has 0 aromatic heterocycles. The highest BCUT2D eigenvalue weighted by Crippen LogP contribution is 2.25. The summed E-state index contributed by atoms with van der Waals surface area (Å²) >= 11 is 0. The predicted molar refractivity (Wildman–Crippen MR) is 255 cm³/mol. The summed E-state index contributed by atoms with van der Waals surface area (Å²) in [7, 11) is 4.28. The molecule has 61 heavy (non-hydrogen) atoms. The zero-order chi connectivity index (χ0) is 44.6. The first-order valence-electron chi connectivity index (χ1n) is 26.5. The molecule has 8 heteroatoms. The van der Waals surface area contributed by atoms with Crippen LogP contribution in [-0.2, 0) is 33.3 Å². The van der Waals surface area contributed by atoms with Gasteiger partial charge in [0.05, 0.1) is 19.3 Å². The largest absolute Gasteiger partial charge is 0.466 e. The van der Waals surface area contributed by atoms with Crippen molar-refractivity contribution in [3.63, 3.8) is 0 Å². The van der Waals surface area contributed by atoms with Crippen molar-refractivity contribution >= 4 is 17.9 Å². The van der Waals surface area contributed by atoms with Gasteiger partial charge >= 0.3 is 17.9 Å². The Labute approximate surface area is 377 Å². The minimum absolute atomic E-state index is 0.0384. The normalized spacial score (nSPS) is 15.6. The smallest absolute Gasteiger partial charge is 0.332 e. The maximum atomic E-state index is 13.0. The average Bonchev–Trinajstić information content (AvgIpc) is 3.24. The Hall–Kier alpha value is -1.67. The third kappa shape index (κ3) is 34.4. The number of esters is 3. The Bertz CT molecular complexity index is 937. The molecule has 0 N–H and O–H groups in total. The highest BCUT2D eigenvalue weighted by molar-refractivity contribution is 5.71. The molecule has 0 aliphatic heterocycles. The number of hydrogen-bond acceptors (Lipinski definition) is 8. The first-order chi connectivity index (χ1) is 29.7. The number of carbonyl (C=O) groups is 3. The molecule has 0 heterocycles. The Balaban J connectivity index is 2.38. The number of unbranched alkanes of at least 4 members (excludes halogenated alkanes) is 16. The summed E-state index contributed by atoms with van der Waals surface area (Å²) in [5.74, 6) is 1.04. The first-order valence-corrected chi connectivity index (χ1v) is 26.5. The molecule has 0 amide bonds. The van der Waals surface area contributed by atoms with Gasteiger partial charge in [-0.3, -0.25) is 9.59 Å². The monoisotopic (exact) mass is 864 g/mol. The Morgan fingerprint density at radius 1 is 0.459 bits per heavy atom. The number of hydrogen-bond donors (Lipinski definition) is 0. The second-order valence-electron chi connectivity index (χ2n) is 19.2. The maximum Gasteiger partial charge on any atom is 0.332 e. The standard InChI is InChI=1S/C53H101NO7/c1-7-11-21-29-46(30-22-12-8-2)41-43-58-51(55)35-27-19-15-17-25-33-50(61-53(57)45-60-49-39-37-48(38-40-49)54(5)6)34-26-18-16-20-28-36-52(56)59-44-42-47(31-23-13-9-3)32-24-14-10-4/h46-50H,7-45H2,1-6H3. The molecule has 1 aliphatic carbocycles. The first kappa shape index (κ1) is 57.3. The van der Waals surface area contributed by atoms with E-state index in [0.717, 1.165) is 116 Å². The molecule has 1 rings (SSSR count). The molecule has 1 fully saturated rings. The van der Waals surface area contributed by atoms with E-state index >= 15 is 0 Å². The van der Waals surface area contributed by atoms with Gasteiger partial charge in [0, 0.05) is 18.9 Å². The average molecular weight is 864 g/mol. The number of ether oxygens (including phenoxy) is 4. The van der Waals surface area contributed by atoms with Gasteiger partial charge in [-0.15, -0.1) is 0 Å². The fourth-order valence-corrected chi connectivity index (χ4v) is 9.16. The number of carbonyl (C=O) groups excluding carboxylic acids is 3. The molecule has 1 saturated carbocycles. The van der Waals surface area contributed by atoms with E-state index in [1.807, 2.05) is 0 Å². The summed E-state index contributed by atoms with van der Waals surface area (Å²) in [6.07, 6.45) is 39.5. The molecule has 0 unspecified atom stereocenters. The molecule has 0 spiro atoms. The molecule has 0 bridgehead atoms. The molecule has 0 aromatic rings. The van der Waals surface area contributed by atoms with Gasteiger partial charge in [-0.05, 0) is 103 Å². The van der Waals surface area contributed by atoms with E-state index in [2.05, 4.69) is 46.7 Å². The molecule has 0 aromatic carbocycles. The molecule has 360 valence electrons. The summed E-state index contributed by atoms with van der Waals surface area (Å²) in [5, 5.41) is 0. The fourth-order valence-electron chi connectivity index (χ4n) is 9.16. The molecule has 1 aliphatic rings. The van der Waals surface area contributed by atoms with Gasteiger partial charge in [-0.25, -0.2) is 4.79 Å². The van der Waals surface area contributed by atoms with Crippen molar-refractivity contribution in [2.75, 3.05) is 33.9 Å². The van der Waals surface area contributed by atoms with Crippen LogP contribution in [0.5, 0.6) is 0 Å². The van der Waals surface area contributed by atoms with Gasteiger partial charge in [-0.2, -0.15) is 0 Å². The Morgan fingerprint density at radius 3 is 1.23 bits per heavy atom. The topological polar surface area (TPSA) is 91.4 Å². The van der Waals surface area contributed by atoms with Crippen molar-refractivity contribution in [2.45, 2.75) is 277 Å². The van der Waals surface area contributed by atoms with Gasteiger partial charge in [0.1, 0.15) is 12.7 Å². The highest BCUT2D eigenvalue weighted by Gasteiger charge is 2.24. The number of rotatable bonds is 43. The lowest BCUT2D eigenvalue weighted by Crippen LogP contribution is -2.35. The van der Waals surface area contributed by atoms with Crippen LogP contribution in [-0.4, -0.2) is 75.0 Å². The molecular weight excluding hydrogens is 763 g/mol. The lowest BCUT2D eigenvalue weighted by molar-refractivity contribution is -0.158. The third-order valence-corrected chi connectivity index (χ3v) is 13.4. The lowest BCUT2D eigenvalue weighted by Gasteiger charge is -2.32. The molecule has 0 atom stereocenters. The second-order valence-corrected chi connectivity index (χ2v) is 19.2. The van der Waals surface area contributed by atoms with Gasteiger partial charge in [0.25, 0.3) is 0 Å². The summed E-state index contributed by atoms with van der Waals surface area (Å²) < 4.78 is 23.4. The minimum Gasteiger partial charge on any atom is -0.466 e. The van der Waals surface area contributed by atoms with Crippen LogP contribution in [0.3, 0.4) is 0 Å². The van der Waals surface area contributed by atoms with E-state index in [9.17, 15) is 14.4 Å². The summed E-state index contributed by atoms with van der Waals surface area (Å²) in [4.78, 5) is 40.2. The van der Waals surface area contributed by atoms with Crippen molar-refractivity contribution in [1.82, 2.24) is 4.90 Å². The fraction of sp³-hybridized carbons (Fsp3) is 0.943. The van der Waals surface area contributed by atoms with Gasteiger partial charge in [0.15, 0.2) is 0 Å². The summed E-state index contributed by atoms with van der Waals surface area (Å²) in [6.45, 7) is 10.2. The van der Waals surface area contributed by atoms with Crippen molar-refractivity contribution in [3.05, 3.63) is 0 Å². The maximum absolute atomic E-state index is 13.0. The van der Waals surface area contributed by atoms with Gasteiger partial charge in [-0.1, -0.05) is 169 Å². The van der Waals surface area contributed by atoms with Crippen molar-refractivity contribution in [2.24, 2.45) is 11.8 Å². The van der Waals surface area contributed by atoms with Crippen LogP contribution in [0.15, 0.2) is 0 Å². The second kappa shape index (κ2) is 41.1. The molecular formula is C53H101NO7. The van der Waals surface area contributed by atoms with Crippen LogP contribution in [0.25, 0.3) is 0 Å². The summed E-state index contributed by atoms with van der Waals surface area (Å²) in [5.41, 5.74) is 0. The number of nitrogens with zero attached hydrogens (tertiary/aromatic N) is 1. The predicted octanol–water partition coefficient (Wildman–Crippen LogP) is 14.7. The Morgan fingerprint density at radius 2 is 0.836 bits per heavy atom. The zero-order valence-electron chi connectivity index (χ0n) is 41.3. The van der Waals surface area contributed by atoms with E-state index in [4.69, 9.17) is 18.9 Å². The van der Waals surface area contributed by atoms with E-state index < -0.39 is 0 Å². The van der Waals surface area contributed by atoms with Crippen molar-refractivity contribution in [1.29, 1.82) is 0 Å². The minimum atomic E-state index is -0.238. The summed E-state index contributed by atoms with van der Waals surface area (Å²) in [6, 6.07) is 0.602. The van der Waals surface area contributed by atoms with Gasteiger partial charge in [0.2, 0.25) is 0 Å². The van der Waals surface area contributed by atoms with Crippen LogP contribution in [0.1, 0.15) is 259 Å². The zero-order valence-corrected chi connectivity index (χ0v) is 41.3. The van der Waals surface area contributed by atoms with E-state index in [-0.39, 0.29) is 36.7 Å². The Kier molecular flexibility index (Phi) is 38.6. The molecule has 0 radical (unpaired) electrons. The van der Waals surface area contributed by atoms with E-state index in [1.54, 1.807) is 0 Å². The molecule has 0 saturated heterocycles. The van der Waals surface area contributed by atoms with Crippen LogP contribution in [0, 0.1) is 11.8 Å².